The number of nitrogens with zero attached hydrogens (tertiary/aromatic N) is 2. The van der Waals surface area contributed by atoms with E-state index in [1.165, 1.54) is 13.2 Å². The minimum atomic E-state index is -0.286. The molecule has 134 valence electrons. The molecule has 1 aliphatic heterocycles. The standard InChI is InChI=1S/C20H16N4O3/c1-27-16-7-10(6-15(25)19(16)26)18-13-8-21-20-17(13)12(9-22-24-20)11-4-2-3-5-14(11)23-18/h2-9,18,23,25-26H,1H3,(H,21,24). The number of rotatable bonds is 2. The predicted octanol–water partition coefficient (Wildman–Crippen LogP) is 3.56. The van der Waals surface area contributed by atoms with Crippen LogP contribution in [0.5, 0.6) is 17.2 Å². The first kappa shape index (κ1) is 15.5. The van der Waals surface area contributed by atoms with Crippen LogP contribution >= 0.6 is 0 Å². The molecule has 0 aliphatic carbocycles. The van der Waals surface area contributed by atoms with Crippen LogP contribution in [0.1, 0.15) is 17.2 Å². The predicted molar refractivity (Wildman–Crippen MR) is 101 cm³/mol. The number of H-pyrrole nitrogens is 1. The second kappa shape index (κ2) is 5.63. The molecule has 27 heavy (non-hydrogen) atoms. The number of phenols is 2. The summed E-state index contributed by atoms with van der Waals surface area (Å²) in [6.45, 7) is 0. The van der Waals surface area contributed by atoms with E-state index >= 15 is 0 Å². The highest BCUT2D eigenvalue weighted by atomic mass is 16.5. The van der Waals surface area contributed by atoms with Crippen molar-refractivity contribution < 1.29 is 14.9 Å². The van der Waals surface area contributed by atoms with Gasteiger partial charge in [-0.25, -0.2) is 0 Å². The summed E-state index contributed by atoms with van der Waals surface area (Å²) >= 11 is 0. The summed E-state index contributed by atoms with van der Waals surface area (Å²) in [6.07, 6.45) is 3.65. The molecule has 0 saturated carbocycles. The van der Waals surface area contributed by atoms with Crippen molar-refractivity contribution in [3.05, 3.63) is 59.9 Å². The van der Waals surface area contributed by atoms with Crippen molar-refractivity contribution in [3.8, 4) is 28.4 Å². The third-order valence-electron chi connectivity index (χ3n) is 4.96. The normalized spacial score (nSPS) is 15.1. The zero-order valence-corrected chi connectivity index (χ0v) is 14.4. The SMILES string of the molecule is COc1cc(C2Nc3ccccc3-c3cnnc4[nH]cc2c34)cc(O)c1O. The fourth-order valence-corrected chi connectivity index (χ4v) is 3.71. The minimum absolute atomic E-state index is 0.212. The highest BCUT2D eigenvalue weighted by Crippen LogP contribution is 2.45. The van der Waals surface area contributed by atoms with Gasteiger partial charge in [0.05, 0.1) is 19.3 Å². The molecule has 0 amide bonds. The number of hydrogen-bond acceptors (Lipinski definition) is 6. The molecule has 3 heterocycles. The third-order valence-corrected chi connectivity index (χ3v) is 4.96. The Balaban J connectivity index is 1.81. The van der Waals surface area contributed by atoms with E-state index < -0.39 is 0 Å². The number of fused-ring (bicyclic) bond motifs is 2. The monoisotopic (exact) mass is 360 g/mol. The molecule has 7 nitrogen and oxygen atoms in total. The number of aromatic nitrogens is 3. The first-order valence-electron chi connectivity index (χ1n) is 8.46. The van der Waals surface area contributed by atoms with Crippen molar-refractivity contribution in [2.75, 3.05) is 12.4 Å². The van der Waals surface area contributed by atoms with E-state index in [0.29, 0.717) is 5.65 Å². The van der Waals surface area contributed by atoms with Crippen molar-refractivity contribution in [2.45, 2.75) is 6.04 Å². The van der Waals surface area contributed by atoms with Gasteiger partial charge in [0, 0.05) is 34.0 Å². The smallest absolute Gasteiger partial charge is 0.200 e. The summed E-state index contributed by atoms with van der Waals surface area (Å²) < 4.78 is 5.21. The number of methoxy groups -OCH3 is 1. The lowest BCUT2D eigenvalue weighted by molar-refractivity contribution is 0.350. The molecule has 2 aromatic heterocycles. The molecule has 4 aromatic rings. The van der Waals surface area contributed by atoms with Crippen LogP contribution in [-0.4, -0.2) is 32.5 Å². The molecule has 4 N–H and O–H groups in total. The summed E-state index contributed by atoms with van der Waals surface area (Å²) in [5.41, 5.74) is 5.37. The molecule has 1 atom stereocenters. The largest absolute Gasteiger partial charge is 0.504 e. The van der Waals surface area contributed by atoms with Crippen molar-refractivity contribution in [1.82, 2.24) is 15.2 Å². The molecule has 0 bridgehead atoms. The number of phenolic OH excluding ortho intramolecular Hbond substituents is 2. The lowest BCUT2D eigenvalue weighted by atomic mass is 9.97. The fraction of sp³-hybridized carbons (Fsp3) is 0.100. The molecular weight excluding hydrogens is 344 g/mol. The number of anilines is 1. The quantitative estimate of drug-likeness (QED) is 0.408. The van der Waals surface area contributed by atoms with Crippen LogP contribution in [0.3, 0.4) is 0 Å². The van der Waals surface area contributed by atoms with Gasteiger partial charge >= 0.3 is 0 Å². The van der Waals surface area contributed by atoms with Gasteiger partial charge in [0.15, 0.2) is 17.1 Å². The summed E-state index contributed by atoms with van der Waals surface area (Å²) in [5.74, 6) is -0.298. The molecule has 1 aliphatic rings. The Bertz CT molecular complexity index is 1190. The lowest BCUT2D eigenvalue weighted by Gasteiger charge is -2.20. The highest BCUT2D eigenvalue weighted by Gasteiger charge is 2.27. The van der Waals surface area contributed by atoms with E-state index in [0.717, 1.165) is 33.3 Å². The van der Waals surface area contributed by atoms with E-state index in [2.05, 4.69) is 20.5 Å². The zero-order chi connectivity index (χ0) is 18.5. The summed E-state index contributed by atoms with van der Waals surface area (Å²) in [6, 6.07) is 10.9. The van der Waals surface area contributed by atoms with Crippen LogP contribution < -0.4 is 10.1 Å². The van der Waals surface area contributed by atoms with Gasteiger partial charge in [-0.3, -0.25) is 0 Å². The van der Waals surface area contributed by atoms with Gasteiger partial charge in [0.1, 0.15) is 0 Å². The minimum Gasteiger partial charge on any atom is -0.504 e. The molecule has 0 spiro atoms. The number of aromatic amines is 1. The second-order valence-electron chi connectivity index (χ2n) is 6.44. The topological polar surface area (TPSA) is 103 Å². The Hall–Kier alpha value is -3.74. The van der Waals surface area contributed by atoms with Crippen LogP contribution in [0.4, 0.5) is 5.69 Å². The number of aromatic hydroxyl groups is 2. The van der Waals surface area contributed by atoms with Crippen LogP contribution in [0.15, 0.2) is 48.8 Å². The van der Waals surface area contributed by atoms with Crippen molar-refractivity contribution in [1.29, 1.82) is 0 Å². The maximum Gasteiger partial charge on any atom is 0.200 e. The number of nitrogens with one attached hydrogen (secondary N) is 2. The molecular formula is C20H16N4O3. The van der Waals surface area contributed by atoms with Crippen LogP contribution in [0, 0.1) is 0 Å². The average molecular weight is 360 g/mol. The fourth-order valence-electron chi connectivity index (χ4n) is 3.71. The Kier molecular flexibility index (Phi) is 3.24. The zero-order valence-electron chi connectivity index (χ0n) is 14.4. The Morgan fingerprint density at radius 2 is 1.96 bits per heavy atom. The summed E-state index contributed by atoms with van der Waals surface area (Å²) in [5, 5.41) is 33.0. The number of ether oxygens (including phenoxy) is 1. The molecule has 2 aromatic carbocycles. The second-order valence-corrected chi connectivity index (χ2v) is 6.44. The Morgan fingerprint density at radius 1 is 1.11 bits per heavy atom. The molecule has 0 saturated heterocycles. The number of para-hydroxylation sites is 1. The van der Waals surface area contributed by atoms with E-state index in [1.54, 1.807) is 12.3 Å². The van der Waals surface area contributed by atoms with Gasteiger partial charge < -0.3 is 25.3 Å². The van der Waals surface area contributed by atoms with Gasteiger partial charge in [0.25, 0.3) is 0 Å². The molecule has 0 fully saturated rings. The number of benzene rings is 2. The van der Waals surface area contributed by atoms with E-state index in [9.17, 15) is 10.2 Å². The van der Waals surface area contributed by atoms with Crippen molar-refractivity contribution >= 4 is 16.7 Å². The Labute approximate surface area is 154 Å². The van der Waals surface area contributed by atoms with Gasteiger partial charge in [-0.05, 0) is 23.8 Å². The molecule has 0 radical (unpaired) electrons. The van der Waals surface area contributed by atoms with E-state index in [-0.39, 0.29) is 23.3 Å². The highest BCUT2D eigenvalue weighted by molar-refractivity contribution is 6.00. The van der Waals surface area contributed by atoms with Gasteiger partial charge in [-0.1, -0.05) is 18.2 Å². The van der Waals surface area contributed by atoms with Crippen molar-refractivity contribution in [2.24, 2.45) is 0 Å². The van der Waals surface area contributed by atoms with Gasteiger partial charge in [0.2, 0.25) is 5.75 Å². The Morgan fingerprint density at radius 3 is 2.81 bits per heavy atom. The number of hydrogen-bond donors (Lipinski definition) is 4. The average Bonchev–Trinajstić information content (AvgIpc) is 3.06. The third kappa shape index (κ3) is 2.21. The summed E-state index contributed by atoms with van der Waals surface area (Å²) in [4.78, 5) is 3.18. The molecule has 7 heteroatoms. The van der Waals surface area contributed by atoms with Crippen molar-refractivity contribution in [3.63, 3.8) is 0 Å². The maximum absolute atomic E-state index is 10.2. The molecule has 5 rings (SSSR count). The first-order valence-corrected chi connectivity index (χ1v) is 8.46. The van der Waals surface area contributed by atoms with Crippen LogP contribution in [0.25, 0.3) is 22.2 Å². The van der Waals surface area contributed by atoms with Crippen LogP contribution in [0.2, 0.25) is 0 Å². The van der Waals surface area contributed by atoms with E-state index in [1.807, 2.05) is 30.5 Å². The van der Waals surface area contributed by atoms with Gasteiger partial charge in [-0.15, -0.1) is 5.10 Å². The van der Waals surface area contributed by atoms with Gasteiger partial charge in [-0.2, -0.15) is 5.10 Å². The summed E-state index contributed by atoms with van der Waals surface area (Å²) in [7, 11) is 1.45. The molecule has 1 unspecified atom stereocenters. The van der Waals surface area contributed by atoms with Crippen LogP contribution in [-0.2, 0) is 0 Å². The van der Waals surface area contributed by atoms with E-state index in [4.69, 9.17) is 4.74 Å². The maximum atomic E-state index is 10.2. The lowest BCUT2D eigenvalue weighted by Crippen LogP contribution is -2.11. The first-order chi connectivity index (χ1) is 13.2.